The average molecular weight is 333 g/mol. The van der Waals surface area contributed by atoms with E-state index in [1.165, 1.54) is 31.4 Å². The van der Waals surface area contributed by atoms with Gasteiger partial charge in [0, 0.05) is 26.2 Å². The fraction of sp³-hybridized carbons (Fsp3) is 0.556. The molecule has 1 aromatic carbocycles. The lowest BCUT2D eigenvalue weighted by atomic mass is 10.00. The van der Waals surface area contributed by atoms with Gasteiger partial charge >= 0.3 is 0 Å². The summed E-state index contributed by atoms with van der Waals surface area (Å²) in [7, 11) is 1.74. The number of piperidine rings is 1. The molecule has 2 heterocycles. The third-order valence-electron chi connectivity index (χ3n) is 4.50. The van der Waals surface area contributed by atoms with Gasteiger partial charge in [-0.15, -0.1) is 0 Å². The van der Waals surface area contributed by atoms with Crippen LogP contribution < -0.4 is 0 Å². The Hall–Kier alpha value is -1.79. The zero-order valence-electron chi connectivity index (χ0n) is 14.1. The number of ether oxygens (including phenoxy) is 1. The van der Waals surface area contributed by atoms with E-state index in [2.05, 4.69) is 15.0 Å². The zero-order valence-corrected chi connectivity index (χ0v) is 14.1. The Bertz CT molecular complexity index is 647. The molecular formula is C18H24FN3O2. The Morgan fingerprint density at radius 2 is 2.29 bits per heavy atom. The molecule has 1 atom stereocenters. The highest BCUT2D eigenvalue weighted by atomic mass is 19.1. The summed E-state index contributed by atoms with van der Waals surface area (Å²) < 4.78 is 23.9. The SMILES string of the molecule is COCC[C@H]1CCCCN1Cc1nc(Cc2cccc(F)c2)no1. The van der Waals surface area contributed by atoms with Crippen molar-refractivity contribution in [2.24, 2.45) is 0 Å². The maximum atomic E-state index is 13.2. The van der Waals surface area contributed by atoms with Gasteiger partial charge in [0.25, 0.3) is 0 Å². The second kappa shape index (κ2) is 8.35. The predicted molar refractivity (Wildman–Crippen MR) is 88.0 cm³/mol. The number of methoxy groups -OCH3 is 1. The van der Waals surface area contributed by atoms with Gasteiger partial charge in [-0.3, -0.25) is 4.90 Å². The van der Waals surface area contributed by atoms with Crippen molar-refractivity contribution in [2.75, 3.05) is 20.3 Å². The second-order valence-electron chi connectivity index (χ2n) is 6.31. The molecule has 1 saturated heterocycles. The molecule has 3 rings (SSSR count). The van der Waals surface area contributed by atoms with Crippen LogP contribution in [-0.4, -0.2) is 41.3 Å². The van der Waals surface area contributed by atoms with E-state index in [4.69, 9.17) is 9.26 Å². The first-order valence-corrected chi connectivity index (χ1v) is 8.53. The first-order valence-electron chi connectivity index (χ1n) is 8.53. The molecule has 1 fully saturated rings. The molecule has 1 aliphatic heterocycles. The molecule has 0 unspecified atom stereocenters. The number of hydrogen-bond acceptors (Lipinski definition) is 5. The topological polar surface area (TPSA) is 51.4 Å². The fourth-order valence-corrected chi connectivity index (χ4v) is 3.28. The summed E-state index contributed by atoms with van der Waals surface area (Å²) >= 11 is 0. The molecule has 0 amide bonds. The summed E-state index contributed by atoms with van der Waals surface area (Å²) in [6, 6.07) is 7.00. The Balaban J connectivity index is 1.60. The summed E-state index contributed by atoms with van der Waals surface area (Å²) in [6.07, 6.45) is 5.16. The molecule has 0 saturated carbocycles. The van der Waals surface area contributed by atoms with Crippen molar-refractivity contribution < 1.29 is 13.7 Å². The summed E-state index contributed by atoms with van der Waals surface area (Å²) in [4.78, 5) is 6.88. The number of halogens is 1. The predicted octanol–water partition coefficient (Wildman–Crippen LogP) is 3.19. The van der Waals surface area contributed by atoms with Crippen LogP contribution in [0, 0.1) is 5.82 Å². The molecule has 0 spiro atoms. The van der Waals surface area contributed by atoms with Gasteiger partial charge in [-0.2, -0.15) is 4.98 Å². The molecule has 2 aromatic rings. The number of aromatic nitrogens is 2. The van der Waals surface area contributed by atoms with Crippen molar-refractivity contribution in [3.05, 3.63) is 47.4 Å². The summed E-state index contributed by atoms with van der Waals surface area (Å²) in [5.41, 5.74) is 0.846. The van der Waals surface area contributed by atoms with Crippen LogP contribution >= 0.6 is 0 Å². The van der Waals surface area contributed by atoms with Gasteiger partial charge in [0.15, 0.2) is 5.82 Å². The van der Waals surface area contributed by atoms with Crippen molar-refractivity contribution >= 4 is 0 Å². The molecule has 5 nitrogen and oxygen atoms in total. The van der Waals surface area contributed by atoms with Crippen molar-refractivity contribution in [2.45, 2.75) is 44.7 Å². The molecule has 0 bridgehead atoms. The van der Waals surface area contributed by atoms with E-state index in [0.717, 1.165) is 25.1 Å². The van der Waals surface area contributed by atoms with Gasteiger partial charge in [0.1, 0.15) is 5.82 Å². The average Bonchev–Trinajstić information content (AvgIpc) is 3.01. The molecule has 1 aromatic heterocycles. The van der Waals surface area contributed by atoms with Gasteiger partial charge < -0.3 is 9.26 Å². The molecule has 1 aliphatic rings. The van der Waals surface area contributed by atoms with Crippen LogP contribution in [0.15, 0.2) is 28.8 Å². The zero-order chi connectivity index (χ0) is 16.8. The van der Waals surface area contributed by atoms with Crippen LogP contribution in [0.2, 0.25) is 0 Å². The number of likely N-dealkylation sites (tertiary alicyclic amines) is 1. The lowest BCUT2D eigenvalue weighted by Gasteiger charge is -2.34. The van der Waals surface area contributed by atoms with E-state index < -0.39 is 0 Å². The lowest BCUT2D eigenvalue weighted by molar-refractivity contribution is 0.0882. The van der Waals surface area contributed by atoms with E-state index in [-0.39, 0.29) is 5.82 Å². The van der Waals surface area contributed by atoms with Crippen LogP contribution in [0.25, 0.3) is 0 Å². The van der Waals surface area contributed by atoms with Crippen LogP contribution in [0.1, 0.15) is 43.0 Å². The van der Waals surface area contributed by atoms with E-state index in [1.807, 2.05) is 6.07 Å². The minimum absolute atomic E-state index is 0.245. The Morgan fingerprint density at radius 3 is 3.12 bits per heavy atom. The monoisotopic (exact) mass is 333 g/mol. The number of nitrogens with zero attached hydrogens (tertiary/aromatic N) is 3. The minimum Gasteiger partial charge on any atom is -0.385 e. The van der Waals surface area contributed by atoms with Gasteiger partial charge in [0.05, 0.1) is 6.54 Å². The molecule has 6 heteroatoms. The van der Waals surface area contributed by atoms with Gasteiger partial charge in [-0.05, 0) is 43.5 Å². The standard InChI is InChI=1S/C18H24FN3O2/c1-23-10-8-16-7-2-3-9-22(16)13-18-20-17(21-24-18)12-14-5-4-6-15(19)11-14/h4-6,11,16H,2-3,7-10,12-13H2,1H3/t16-/m1/s1. The van der Waals surface area contributed by atoms with Crippen LogP contribution in [-0.2, 0) is 17.7 Å². The maximum absolute atomic E-state index is 13.2. The van der Waals surface area contributed by atoms with E-state index in [0.29, 0.717) is 30.7 Å². The first kappa shape index (κ1) is 17.0. The fourth-order valence-electron chi connectivity index (χ4n) is 3.28. The van der Waals surface area contributed by atoms with Crippen molar-refractivity contribution in [3.8, 4) is 0 Å². The number of benzene rings is 1. The number of hydrogen-bond donors (Lipinski definition) is 0. The quantitative estimate of drug-likeness (QED) is 0.779. The minimum atomic E-state index is -0.245. The van der Waals surface area contributed by atoms with Crippen LogP contribution in [0.3, 0.4) is 0 Å². The Morgan fingerprint density at radius 1 is 1.38 bits per heavy atom. The first-order chi connectivity index (χ1) is 11.7. The normalized spacial score (nSPS) is 18.8. The van der Waals surface area contributed by atoms with Gasteiger partial charge in [0.2, 0.25) is 5.89 Å². The molecule has 130 valence electrons. The largest absolute Gasteiger partial charge is 0.385 e. The van der Waals surface area contributed by atoms with Crippen molar-refractivity contribution in [1.82, 2.24) is 15.0 Å². The summed E-state index contributed by atoms with van der Waals surface area (Å²) in [6.45, 7) is 2.50. The highest BCUT2D eigenvalue weighted by Crippen LogP contribution is 2.21. The molecule has 24 heavy (non-hydrogen) atoms. The van der Waals surface area contributed by atoms with Crippen molar-refractivity contribution in [3.63, 3.8) is 0 Å². The van der Waals surface area contributed by atoms with Crippen LogP contribution in [0.4, 0.5) is 4.39 Å². The van der Waals surface area contributed by atoms with Gasteiger partial charge in [-0.25, -0.2) is 4.39 Å². The molecular weight excluding hydrogens is 309 g/mol. The summed E-state index contributed by atoms with van der Waals surface area (Å²) in [5.74, 6) is 0.984. The molecule has 0 radical (unpaired) electrons. The lowest BCUT2D eigenvalue weighted by Crippen LogP contribution is -2.39. The third-order valence-corrected chi connectivity index (χ3v) is 4.50. The second-order valence-corrected chi connectivity index (χ2v) is 6.31. The number of rotatable bonds is 7. The Labute approximate surface area is 141 Å². The smallest absolute Gasteiger partial charge is 0.240 e. The molecule has 0 N–H and O–H groups in total. The van der Waals surface area contributed by atoms with E-state index in [1.54, 1.807) is 13.2 Å². The van der Waals surface area contributed by atoms with Crippen molar-refractivity contribution in [1.29, 1.82) is 0 Å². The Kier molecular flexibility index (Phi) is 5.93. The molecule has 0 aliphatic carbocycles. The van der Waals surface area contributed by atoms with E-state index >= 15 is 0 Å². The van der Waals surface area contributed by atoms with Gasteiger partial charge in [-0.1, -0.05) is 23.7 Å². The maximum Gasteiger partial charge on any atom is 0.240 e. The third kappa shape index (κ3) is 4.61. The van der Waals surface area contributed by atoms with Crippen LogP contribution in [0.5, 0.6) is 0 Å². The highest BCUT2D eigenvalue weighted by Gasteiger charge is 2.24. The van der Waals surface area contributed by atoms with E-state index in [9.17, 15) is 4.39 Å². The highest BCUT2D eigenvalue weighted by molar-refractivity contribution is 5.19. The summed E-state index contributed by atoms with van der Waals surface area (Å²) in [5, 5.41) is 4.03.